The molecule has 7 nitrogen and oxygen atoms in total. The first-order valence-corrected chi connectivity index (χ1v) is 11.2. The first-order valence-electron chi connectivity index (χ1n) is 11.2. The summed E-state index contributed by atoms with van der Waals surface area (Å²) in [5, 5.41) is 0. The van der Waals surface area contributed by atoms with E-state index < -0.39 is 0 Å². The van der Waals surface area contributed by atoms with E-state index in [2.05, 4.69) is 0 Å². The van der Waals surface area contributed by atoms with Gasteiger partial charge in [-0.05, 0) is 46.3 Å². The second kappa shape index (κ2) is 9.32. The molecular formula is C24H30FN5O2. The number of likely N-dealkylation sites (N-methyl/N-ethyl adjacent to an activating group) is 1. The van der Waals surface area contributed by atoms with Crippen molar-refractivity contribution in [3.8, 4) is 0 Å². The number of carbonyl (C=O) groups excluding carboxylic acids is 2. The van der Waals surface area contributed by atoms with Gasteiger partial charge in [0.1, 0.15) is 17.5 Å². The minimum atomic E-state index is -0.333. The molecule has 2 aromatic rings. The highest BCUT2D eigenvalue weighted by Gasteiger charge is 2.32. The van der Waals surface area contributed by atoms with Crippen LogP contribution in [0, 0.1) is 12.7 Å². The van der Waals surface area contributed by atoms with Crippen LogP contribution in [0.1, 0.15) is 47.8 Å². The summed E-state index contributed by atoms with van der Waals surface area (Å²) in [7, 11) is 3.77. The number of aromatic nitrogens is 2. The molecule has 3 heterocycles. The first-order chi connectivity index (χ1) is 15.3. The Labute approximate surface area is 188 Å². The minimum Gasteiger partial charge on any atom is -0.341 e. The predicted octanol–water partition coefficient (Wildman–Crippen LogP) is 2.67. The lowest BCUT2D eigenvalue weighted by Crippen LogP contribution is -2.43. The molecule has 1 atom stereocenters. The van der Waals surface area contributed by atoms with E-state index in [0.717, 1.165) is 30.6 Å². The van der Waals surface area contributed by atoms with Gasteiger partial charge in [-0.2, -0.15) is 0 Å². The van der Waals surface area contributed by atoms with Crippen molar-refractivity contribution in [1.82, 2.24) is 19.8 Å². The van der Waals surface area contributed by atoms with Gasteiger partial charge in [0.05, 0.1) is 13.1 Å². The molecule has 0 aliphatic carbocycles. The maximum atomic E-state index is 14.3. The normalized spacial score (nSPS) is 18.8. The van der Waals surface area contributed by atoms with Gasteiger partial charge in [0.25, 0.3) is 0 Å². The Morgan fingerprint density at radius 1 is 1.22 bits per heavy atom. The van der Waals surface area contributed by atoms with Crippen molar-refractivity contribution in [3.05, 3.63) is 52.7 Å². The van der Waals surface area contributed by atoms with Crippen molar-refractivity contribution in [2.24, 2.45) is 0 Å². The highest BCUT2D eigenvalue weighted by atomic mass is 19.1. The molecule has 2 aliphatic heterocycles. The number of anilines is 1. The topological polar surface area (TPSA) is 69.6 Å². The van der Waals surface area contributed by atoms with Gasteiger partial charge in [0.2, 0.25) is 11.8 Å². The van der Waals surface area contributed by atoms with E-state index in [0.29, 0.717) is 43.1 Å². The summed E-state index contributed by atoms with van der Waals surface area (Å²) < 4.78 is 14.3. The number of benzene rings is 1. The van der Waals surface area contributed by atoms with Gasteiger partial charge in [-0.3, -0.25) is 14.5 Å². The fourth-order valence-corrected chi connectivity index (χ4v) is 4.53. The second-order valence-electron chi connectivity index (χ2n) is 8.96. The van der Waals surface area contributed by atoms with Crippen LogP contribution in [0.5, 0.6) is 0 Å². The molecule has 0 saturated carbocycles. The van der Waals surface area contributed by atoms with Crippen LogP contribution in [0.3, 0.4) is 0 Å². The highest BCUT2D eigenvalue weighted by molar-refractivity contribution is 5.95. The van der Waals surface area contributed by atoms with Crippen LogP contribution in [-0.4, -0.2) is 65.3 Å². The number of likely N-dealkylation sites (tertiary alicyclic amines) is 1. The Bertz CT molecular complexity index is 1030. The summed E-state index contributed by atoms with van der Waals surface area (Å²) >= 11 is 0. The Balaban J connectivity index is 1.63. The first kappa shape index (κ1) is 22.3. The summed E-state index contributed by atoms with van der Waals surface area (Å²) in [6, 6.07) is 6.51. The molecule has 0 bridgehead atoms. The second-order valence-corrected chi connectivity index (χ2v) is 8.96. The summed E-state index contributed by atoms with van der Waals surface area (Å²) in [5.41, 5.74) is 2.26. The minimum absolute atomic E-state index is 0.0196. The molecule has 4 rings (SSSR count). The third-order valence-electron chi connectivity index (χ3n) is 6.23. The van der Waals surface area contributed by atoms with Crippen molar-refractivity contribution in [1.29, 1.82) is 0 Å². The Morgan fingerprint density at radius 3 is 2.75 bits per heavy atom. The lowest BCUT2D eigenvalue weighted by molar-refractivity contribution is -0.133. The van der Waals surface area contributed by atoms with Gasteiger partial charge in [-0.25, -0.2) is 14.4 Å². The largest absolute Gasteiger partial charge is 0.341 e. The van der Waals surface area contributed by atoms with Gasteiger partial charge >= 0.3 is 0 Å². The number of hydrogen-bond donors (Lipinski definition) is 0. The third kappa shape index (κ3) is 4.65. The SMILES string of the molecule is Cc1nc(C2CCCN(C(=O)CN(C)C)C2)nc2c1CCC(=O)N2Cc1ccccc1F. The molecule has 0 radical (unpaired) electrons. The van der Waals surface area contributed by atoms with Crippen LogP contribution in [0.25, 0.3) is 0 Å². The zero-order valence-corrected chi connectivity index (χ0v) is 19.0. The van der Waals surface area contributed by atoms with E-state index in [4.69, 9.17) is 9.97 Å². The number of aryl methyl sites for hydroxylation is 1. The quantitative estimate of drug-likeness (QED) is 0.717. The van der Waals surface area contributed by atoms with Gasteiger partial charge in [0.15, 0.2) is 0 Å². The van der Waals surface area contributed by atoms with Crippen molar-refractivity contribution in [2.45, 2.75) is 45.1 Å². The van der Waals surface area contributed by atoms with E-state index >= 15 is 0 Å². The summed E-state index contributed by atoms with van der Waals surface area (Å²) in [6.07, 6.45) is 2.74. The Morgan fingerprint density at radius 2 is 2.00 bits per heavy atom. The monoisotopic (exact) mass is 439 g/mol. The van der Waals surface area contributed by atoms with Crippen LogP contribution in [0.2, 0.25) is 0 Å². The number of amides is 2. The zero-order valence-electron chi connectivity index (χ0n) is 19.0. The Hall–Kier alpha value is -2.87. The summed E-state index contributed by atoms with van der Waals surface area (Å²) in [4.78, 5) is 40.3. The summed E-state index contributed by atoms with van der Waals surface area (Å²) in [5.74, 6) is 0.981. The van der Waals surface area contributed by atoms with Crippen LogP contribution < -0.4 is 4.90 Å². The standard InChI is InChI=1S/C24H30FN5O2/c1-16-19-10-11-21(31)30(14-17-7-4-5-9-20(17)25)24(19)27-23(26-16)18-8-6-12-29(13-18)22(32)15-28(2)3/h4-5,7,9,18H,6,8,10-15H2,1-3H3. The molecule has 1 aromatic carbocycles. The van der Waals surface area contributed by atoms with Crippen LogP contribution in [-0.2, 0) is 22.6 Å². The van der Waals surface area contributed by atoms with Crippen LogP contribution in [0.15, 0.2) is 24.3 Å². The number of piperidine rings is 1. The van der Waals surface area contributed by atoms with Gasteiger partial charge < -0.3 is 9.80 Å². The van der Waals surface area contributed by atoms with Crippen molar-refractivity contribution in [3.63, 3.8) is 0 Å². The molecule has 2 amide bonds. The Kier molecular flexibility index (Phi) is 6.50. The van der Waals surface area contributed by atoms with Crippen molar-refractivity contribution in [2.75, 3.05) is 38.6 Å². The molecule has 8 heteroatoms. The lowest BCUT2D eigenvalue weighted by Gasteiger charge is -2.34. The third-order valence-corrected chi connectivity index (χ3v) is 6.23. The van der Waals surface area contributed by atoms with Crippen LogP contribution in [0.4, 0.5) is 10.2 Å². The molecule has 32 heavy (non-hydrogen) atoms. The fourth-order valence-electron chi connectivity index (χ4n) is 4.53. The zero-order chi connectivity index (χ0) is 22.8. The average molecular weight is 440 g/mol. The van der Waals surface area contributed by atoms with E-state index in [-0.39, 0.29) is 30.1 Å². The van der Waals surface area contributed by atoms with E-state index in [1.54, 1.807) is 23.1 Å². The number of nitrogens with zero attached hydrogens (tertiary/aromatic N) is 5. The number of halogens is 1. The van der Waals surface area contributed by atoms with E-state index in [9.17, 15) is 14.0 Å². The number of hydrogen-bond acceptors (Lipinski definition) is 5. The molecule has 0 spiro atoms. The number of carbonyl (C=O) groups is 2. The maximum Gasteiger partial charge on any atom is 0.236 e. The molecule has 2 aliphatic rings. The highest BCUT2D eigenvalue weighted by Crippen LogP contribution is 2.33. The molecule has 1 fully saturated rings. The summed E-state index contributed by atoms with van der Waals surface area (Å²) in [6.45, 7) is 3.78. The van der Waals surface area contributed by atoms with Gasteiger partial charge in [-0.15, -0.1) is 0 Å². The average Bonchev–Trinajstić information content (AvgIpc) is 2.76. The molecule has 0 N–H and O–H groups in total. The predicted molar refractivity (Wildman–Crippen MR) is 120 cm³/mol. The molecule has 1 unspecified atom stereocenters. The molecule has 1 aromatic heterocycles. The van der Waals surface area contributed by atoms with Crippen LogP contribution >= 0.6 is 0 Å². The fraction of sp³-hybridized carbons (Fsp3) is 0.500. The van der Waals surface area contributed by atoms with E-state index in [1.165, 1.54) is 6.07 Å². The molecular weight excluding hydrogens is 409 g/mol. The van der Waals surface area contributed by atoms with Gasteiger partial charge in [0, 0.05) is 42.2 Å². The van der Waals surface area contributed by atoms with Crippen molar-refractivity contribution < 1.29 is 14.0 Å². The number of fused-ring (bicyclic) bond motifs is 1. The maximum absolute atomic E-state index is 14.3. The van der Waals surface area contributed by atoms with E-state index in [1.807, 2.05) is 30.8 Å². The van der Waals surface area contributed by atoms with Gasteiger partial charge in [-0.1, -0.05) is 18.2 Å². The molecule has 1 saturated heterocycles. The smallest absolute Gasteiger partial charge is 0.236 e. The lowest BCUT2D eigenvalue weighted by atomic mass is 9.95. The molecule has 170 valence electrons. The van der Waals surface area contributed by atoms with Crippen molar-refractivity contribution >= 4 is 17.6 Å². The number of rotatable bonds is 5.